The van der Waals surface area contributed by atoms with Gasteiger partial charge in [0.2, 0.25) is 0 Å². The van der Waals surface area contributed by atoms with Crippen LogP contribution in [0.15, 0.2) is 60.7 Å². The lowest BCUT2D eigenvalue weighted by Crippen LogP contribution is -2.12. The van der Waals surface area contributed by atoms with Gasteiger partial charge in [-0.1, -0.05) is 83.1 Å². The fourth-order valence-electron chi connectivity index (χ4n) is 3.64. The first kappa shape index (κ1) is 21.2. The molecule has 0 aromatic heterocycles. The molecule has 0 N–H and O–H groups in total. The monoisotopic (exact) mass is 395 g/mol. The highest BCUT2D eigenvalue weighted by molar-refractivity contribution is 5.76. The number of halogens is 3. The minimum atomic E-state index is -4.35. The lowest BCUT2D eigenvalue weighted by atomic mass is 9.80. The Labute approximate surface area is 171 Å². The summed E-state index contributed by atoms with van der Waals surface area (Å²) in [6.07, 6.45) is -4.35. The fourth-order valence-corrected chi connectivity index (χ4v) is 3.64. The van der Waals surface area contributed by atoms with Crippen LogP contribution in [0, 0.1) is 6.07 Å². The molecular weight excluding hydrogens is 369 g/mol. The summed E-state index contributed by atoms with van der Waals surface area (Å²) in [5.74, 6) is 0.174. The van der Waals surface area contributed by atoms with E-state index in [1.54, 1.807) is 6.07 Å². The van der Waals surface area contributed by atoms with E-state index in [9.17, 15) is 13.2 Å². The zero-order chi connectivity index (χ0) is 21.4. The molecule has 0 atom stereocenters. The van der Waals surface area contributed by atoms with Gasteiger partial charge in [-0.15, -0.1) is 0 Å². The van der Waals surface area contributed by atoms with Crippen LogP contribution in [0.5, 0.6) is 0 Å². The number of alkyl halides is 3. The molecule has 0 saturated heterocycles. The largest absolute Gasteiger partial charge is 0.416 e. The maximum Gasteiger partial charge on any atom is 0.416 e. The standard InChI is InChI=1S/C26H26F3/c1-17(2)23-16-19(22-11-6-7-12-24(22)25(3,4)5)13-14-21(23)18-9-8-10-20(15-18)26(27,28)29/h6,8-17H,1-5H3. The molecule has 0 amide bonds. The molecule has 0 aliphatic rings. The summed E-state index contributed by atoms with van der Waals surface area (Å²) in [5.41, 5.74) is 5.21. The van der Waals surface area contributed by atoms with E-state index in [4.69, 9.17) is 0 Å². The Bertz CT molecular complexity index is 1000. The van der Waals surface area contributed by atoms with Crippen LogP contribution in [0.1, 0.15) is 57.2 Å². The van der Waals surface area contributed by atoms with Crippen molar-refractivity contribution in [2.45, 2.75) is 52.1 Å². The summed E-state index contributed by atoms with van der Waals surface area (Å²) >= 11 is 0. The molecule has 29 heavy (non-hydrogen) atoms. The molecule has 151 valence electrons. The third kappa shape index (κ3) is 4.55. The van der Waals surface area contributed by atoms with Crippen molar-refractivity contribution in [3.8, 4) is 22.3 Å². The Hall–Kier alpha value is -2.55. The predicted molar refractivity (Wildman–Crippen MR) is 114 cm³/mol. The van der Waals surface area contributed by atoms with E-state index in [0.29, 0.717) is 5.56 Å². The first-order chi connectivity index (χ1) is 13.5. The van der Waals surface area contributed by atoms with Gasteiger partial charge in [0.15, 0.2) is 0 Å². The van der Waals surface area contributed by atoms with Crippen LogP contribution in [-0.2, 0) is 11.6 Å². The van der Waals surface area contributed by atoms with Gasteiger partial charge in [0.25, 0.3) is 0 Å². The Balaban J connectivity index is 2.16. The van der Waals surface area contributed by atoms with Crippen molar-refractivity contribution in [1.29, 1.82) is 0 Å². The van der Waals surface area contributed by atoms with E-state index < -0.39 is 11.7 Å². The molecule has 3 heteroatoms. The maximum absolute atomic E-state index is 13.2. The van der Waals surface area contributed by atoms with Gasteiger partial charge in [-0.2, -0.15) is 13.2 Å². The van der Waals surface area contributed by atoms with Gasteiger partial charge in [0.05, 0.1) is 5.56 Å². The summed E-state index contributed by atoms with van der Waals surface area (Å²) in [6.45, 7) is 10.6. The summed E-state index contributed by atoms with van der Waals surface area (Å²) in [5, 5.41) is 0. The van der Waals surface area contributed by atoms with Crippen molar-refractivity contribution in [2.75, 3.05) is 0 Å². The molecule has 0 aliphatic carbocycles. The third-order valence-electron chi connectivity index (χ3n) is 5.16. The Morgan fingerprint density at radius 2 is 1.52 bits per heavy atom. The zero-order valence-electron chi connectivity index (χ0n) is 17.5. The SMILES string of the molecule is CC(C)c1cc(-c2cc[c]cc2C(C)(C)C)ccc1-c1cccc(C(F)(F)F)c1. The number of hydrogen-bond acceptors (Lipinski definition) is 0. The highest BCUT2D eigenvalue weighted by Crippen LogP contribution is 2.38. The lowest BCUT2D eigenvalue weighted by Gasteiger charge is -2.24. The van der Waals surface area contributed by atoms with Crippen molar-refractivity contribution in [3.05, 3.63) is 83.4 Å². The molecule has 0 aliphatic heterocycles. The van der Waals surface area contributed by atoms with E-state index in [1.807, 2.05) is 24.3 Å². The molecule has 3 aromatic carbocycles. The number of hydrogen-bond donors (Lipinski definition) is 0. The molecular formula is C26H26F3. The molecule has 0 spiro atoms. The van der Waals surface area contributed by atoms with Crippen molar-refractivity contribution >= 4 is 0 Å². The average molecular weight is 395 g/mol. The molecule has 0 heterocycles. The van der Waals surface area contributed by atoms with Gasteiger partial charge in [-0.3, -0.25) is 0 Å². The Morgan fingerprint density at radius 3 is 2.14 bits per heavy atom. The van der Waals surface area contributed by atoms with Crippen LogP contribution < -0.4 is 0 Å². The van der Waals surface area contributed by atoms with Crippen molar-refractivity contribution in [3.63, 3.8) is 0 Å². The first-order valence-electron chi connectivity index (χ1n) is 9.81. The van der Waals surface area contributed by atoms with Crippen LogP contribution in [-0.4, -0.2) is 0 Å². The smallest absolute Gasteiger partial charge is 0.166 e. The van der Waals surface area contributed by atoms with E-state index >= 15 is 0 Å². The highest BCUT2D eigenvalue weighted by Gasteiger charge is 2.30. The van der Waals surface area contributed by atoms with Crippen LogP contribution >= 0.6 is 0 Å². The van der Waals surface area contributed by atoms with Crippen LogP contribution in [0.2, 0.25) is 0 Å². The van der Waals surface area contributed by atoms with E-state index in [-0.39, 0.29) is 11.3 Å². The van der Waals surface area contributed by atoms with Gasteiger partial charge >= 0.3 is 6.18 Å². The number of rotatable bonds is 3. The van der Waals surface area contributed by atoms with E-state index in [2.05, 4.69) is 52.8 Å². The van der Waals surface area contributed by atoms with Gasteiger partial charge in [-0.25, -0.2) is 0 Å². The summed E-state index contributed by atoms with van der Waals surface area (Å²) < 4.78 is 39.5. The zero-order valence-corrected chi connectivity index (χ0v) is 17.5. The first-order valence-corrected chi connectivity index (χ1v) is 9.81. The van der Waals surface area contributed by atoms with E-state index in [1.165, 1.54) is 17.7 Å². The summed E-state index contributed by atoms with van der Waals surface area (Å²) in [4.78, 5) is 0. The van der Waals surface area contributed by atoms with Gasteiger partial charge in [-0.05, 0) is 62.9 Å². The lowest BCUT2D eigenvalue weighted by molar-refractivity contribution is -0.137. The normalized spacial score (nSPS) is 12.4. The fraction of sp³-hybridized carbons (Fsp3) is 0.308. The Morgan fingerprint density at radius 1 is 0.828 bits per heavy atom. The second kappa shape index (κ2) is 7.70. The molecule has 0 nitrogen and oxygen atoms in total. The summed E-state index contributed by atoms with van der Waals surface area (Å²) in [6, 6.07) is 20.8. The quantitative estimate of drug-likeness (QED) is 0.419. The predicted octanol–water partition coefficient (Wildman–Crippen LogP) is 8.26. The van der Waals surface area contributed by atoms with Gasteiger partial charge < -0.3 is 0 Å². The second-order valence-electron chi connectivity index (χ2n) is 8.76. The molecule has 3 rings (SSSR count). The van der Waals surface area contributed by atoms with E-state index in [0.717, 1.165) is 28.3 Å². The van der Waals surface area contributed by atoms with Crippen molar-refractivity contribution in [2.24, 2.45) is 0 Å². The molecule has 0 unspecified atom stereocenters. The van der Waals surface area contributed by atoms with Crippen molar-refractivity contribution in [1.82, 2.24) is 0 Å². The van der Waals surface area contributed by atoms with Crippen LogP contribution in [0.3, 0.4) is 0 Å². The van der Waals surface area contributed by atoms with Gasteiger partial charge in [0.1, 0.15) is 0 Å². The van der Waals surface area contributed by atoms with Gasteiger partial charge in [0, 0.05) is 0 Å². The molecule has 0 bridgehead atoms. The molecule has 1 radical (unpaired) electrons. The molecule has 3 aromatic rings. The summed E-state index contributed by atoms with van der Waals surface area (Å²) in [7, 11) is 0. The van der Waals surface area contributed by atoms with Crippen molar-refractivity contribution < 1.29 is 13.2 Å². The molecule has 0 fully saturated rings. The molecule has 0 saturated carbocycles. The van der Waals surface area contributed by atoms with Crippen LogP contribution in [0.25, 0.3) is 22.3 Å². The third-order valence-corrected chi connectivity index (χ3v) is 5.16. The highest BCUT2D eigenvalue weighted by atomic mass is 19.4. The maximum atomic E-state index is 13.2. The minimum Gasteiger partial charge on any atom is -0.166 e. The second-order valence-corrected chi connectivity index (χ2v) is 8.76. The van der Waals surface area contributed by atoms with Crippen LogP contribution in [0.4, 0.5) is 13.2 Å². The topological polar surface area (TPSA) is 0 Å². The Kier molecular flexibility index (Phi) is 5.62. The number of benzene rings is 3. The average Bonchev–Trinajstić information content (AvgIpc) is 2.66. The minimum absolute atomic E-state index is 0.0369.